The number of hydrogen-bond acceptors (Lipinski definition) is 2. The van der Waals surface area contributed by atoms with Crippen LogP contribution in [-0.4, -0.2) is 15.0 Å². The van der Waals surface area contributed by atoms with Crippen LogP contribution in [-0.2, 0) is 6.54 Å². The number of thiol groups is 1. The van der Waals surface area contributed by atoms with Crippen molar-refractivity contribution in [3.05, 3.63) is 18.5 Å². The molecule has 3 heteroatoms. The van der Waals surface area contributed by atoms with Crippen molar-refractivity contribution in [3.8, 4) is 0 Å². The largest absolute Gasteiger partial charge is 0.272 e. The lowest BCUT2D eigenvalue weighted by atomic mass is 10.1. The fourth-order valence-electron chi connectivity index (χ4n) is 0.811. The third-order valence-electron chi connectivity index (χ3n) is 1.70. The molecule has 62 valence electrons. The number of hydrogen-bond donors (Lipinski definition) is 1. The summed E-state index contributed by atoms with van der Waals surface area (Å²) in [6, 6.07) is 1.93. The topological polar surface area (TPSA) is 17.8 Å². The van der Waals surface area contributed by atoms with Gasteiger partial charge in [0.15, 0.2) is 0 Å². The van der Waals surface area contributed by atoms with E-state index in [9.17, 15) is 0 Å². The van der Waals surface area contributed by atoms with Crippen molar-refractivity contribution in [1.29, 1.82) is 0 Å². The summed E-state index contributed by atoms with van der Waals surface area (Å²) in [7, 11) is 0. The second-order valence-electron chi connectivity index (χ2n) is 3.04. The second kappa shape index (κ2) is 3.81. The highest BCUT2D eigenvalue weighted by Gasteiger charge is 2.07. The Balaban J connectivity index is 2.43. The maximum Gasteiger partial charge on any atom is 0.0527 e. The summed E-state index contributed by atoms with van der Waals surface area (Å²) in [4.78, 5) is 0. The van der Waals surface area contributed by atoms with Crippen molar-refractivity contribution in [1.82, 2.24) is 9.78 Å². The molecule has 0 saturated heterocycles. The van der Waals surface area contributed by atoms with Crippen LogP contribution in [0.4, 0.5) is 0 Å². The third kappa shape index (κ3) is 2.58. The fourth-order valence-corrected chi connectivity index (χ4v) is 0.978. The van der Waals surface area contributed by atoms with Gasteiger partial charge in [0, 0.05) is 17.6 Å². The van der Waals surface area contributed by atoms with Gasteiger partial charge in [0.2, 0.25) is 0 Å². The summed E-state index contributed by atoms with van der Waals surface area (Å²) < 4.78 is 1.91. The van der Waals surface area contributed by atoms with Gasteiger partial charge in [-0.25, -0.2) is 0 Å². The molecule has 1 aromatic heterocycles. The highest BCUT2D eigenvalue weighted by atomic mass is 32.1. The van der Waals surface area contributed by atoms with Gasteiger partial charge in [-0.15, -0.1) is 0 Å². The van der Waals surface area contributed by atoms with E-state index >= 15 is 0 Å². The zero-order chi connectivity index (χ0) is 8.27. The smallest absolute Gasteiger partial charge is 0.0527 e. The molecular formula is C8H14N2S. The van der Waals surface area contributed by atoms with E-state index < -0.39 is 0 Å². The Morgan fingerprint density at radius 2 is 2.27 bits per heavy atom. The summed E-state index contributed by atoms with van der Waals surface area (Å²) in [5.74, 6) is 0.600. The first-order valence-electron chi connectivity index (χ1n) is 3.85. The minimum atomic E-state index is 0.398. The first-order chi connectivity index (χ1) is 5.20. The molecule has 0 amide bonds. The fraction of sp³-hybridized carbons (Fsp3) is 0.625. The van der Waals surface area contributed by atoms with Crippen LogP contribution in [0.15, 0.2) is 18.5 Å². The Morgan fingerprint density at radius 3 is 2.73 bits per heavy atom. The van der Waals surface area contributed by atoms with Gasteiger partial charge in [-0.3, -0.25) is 4.68 Å². The van der Waals surface area contributed by atoms with Gasteiger partial charge in [0.1, 0.15) is 0 Å². The minimum Gasteiger partial charge on any atom is -0.272 e. The Morgan fingerprint density at radius 1 is 1.55 bits per heavy atom. The molecular weight excluding hydrogens is 156 g/mol. The molecule has 1 unspecified atom stereocenters. The van der Waals surface area contributed by atoms with Crippen LogP contribution in [0.2, 0.25) is 0 Å². The van der Waals surface area contributed by atoms with Crippen LogP contribution in [0.3, 0.4) is 0 Å². The van der Waals surface area contributed by atoms with E-state index in [-0.39, 0.29) is 0 Å². The van der Waals surface area contributed by atoms with Crippen molar-refractivity contribution in [2.75, 3.05) is 0 Å². The van der Waals surface area contributed by atoms with Crippen LogP contribution < -0.4 is 0 Å². The Bertz CT molecular complexity index is 194. The molecule has 1 aromatic rings. The zero-order valence-electron chi connectivity index (χ0n) is 6.94. The minimum absolute atomic E-state index is 0.398. The number of aromatic nitrogens is 2. The normalized spacial score (nSPS) is 13.8. The molecule has 0 bridgehead atoms. The van der Waals surface area contributed by atoms with E-state index in [0.717, 1.165) is 6.54 Å². The maximum atomic E-state index is 4.45. The maximum absolute atomic E-state index is 4.45. The van der Waals surface area contributed by atoms with E-state index in [1.165, 1.54) is 0 Å². The van der Waals surface area contributed by atoms with E-state index in [0.29, 0.717) is 11.2 Å². The monoisotopic (exact) mass is 170 g/mol. The van der Waals surface area contributed by atoms with Gasteiger partial charge in [0.05, 0.1) is 6.54 Å². The quantitative estimate of drug-likeness (QED) is 0.685. The van der Waals surface area contributed by atoms with Crippen molar-refractivity contribution < 1.29 is 0 Å². The first kappa shape index (κ1) is 8.65. The standard InChI is InChI=1S/C8H14N2S/c1-7(2)8(11)6-10-5-3-4-9-10/h3-5,7-8,11H,6H2,1-2H3. The summed E-state index contributed by atoms with van der Waals surface area (Å²) >= 11 is 4.45. The molecule has 1 rings (SSSR count). The zero-order valence-corrected chi connectivity index (χ0v) is 7.83. The van der Waals surface area contributed by atoms with Gasteiger partial charge in [-0.05, 0) is 12.0 Å². The number of nitrogens with zero attached hydrogens (tertiary/aromatic N) is 2. The molecule has 0 N–H and O–H groups in total. The van der Waals surface area contributed by atoms with Crippen molar-refractivity contribution >= 4 is 12.6 Å². The molecule has 0 spiro atoms. The molecule has 11 heavy (non-hydrogen) atoms. The van der Waals surface area contributed by atoms with Crippen LogP contribution in [0, 0.1) is 5.92 Å². The summed E-state index contributed by atoms with van der Waals surface area (Å²) in [6.07, 6.45) is 3.76. The van der Waals surface area contributed by atoms with E-state index in [2.05, 4.69) is 31.6 Å². The Kier molecular flexibility index (Phi) is 3.00. The molecule has 2 nitrogen and oxygen atoms in total. The first-order valence-corrected chi connectivity index (χ1v) is 4.37. The Hall–Kier alpha value is -0.440. The van der Waals surface area contributed by atoms with Crippen molar-refractivity contribution in [3.63, 3.8) is 0 Å². The molecule has 0 aromatic carbocycles. The highest BCUT2D eigenvalue weighted by molar-refractivity contribution is 7.80. The molecule has 0 aliphatic heterocycles. The van der Waals surface area contributed by atoms with E-state index in [1.54, 1.807) is 6.20 Å². The lowest BCUT2D eigenvalue weighted by molar-refractivity contribution is 0.504. The molecule has 0 radical (unpaired) electrons. The lowest BCUT2D eigenvalue weighted by Crippen LogP contribution is -2.16. The average molecular weight is 170 g/mol. The third-order valence-corrected chi connectivity index (χ3v) is 2.46. The van der Waals surface area contributed by atoms with Crippen LogP contribution in [0.5, 0.6) is 0 Å². The van der Waals surface area contributed by atoms with Gasteiger partial charge in [0.25, 0.3) is 0 Å². The van der Waals surface area contributed by atoms with Gasteiger partial charge in [-0.2, -0.15) is 17.7 Å². The van der Waals surface area contributed by atoms with Crippen LogP contribution in [0.1, 0.15) is 13.8 Å². The van der Waals surface area contributed by atoms with Crippen LogP contribution in [0.25, 0.3) is 0 Å². The molecule has 0 fully saturated rings. The molecule has 0 aliphatic carbocycles. The van der Waals surface area contributed by atoms with Crippen molar-refractivity contribution in [2.24, 2.45) is 5.92 Å². The molecule has 0 aliphatic rings. The summed E-state index contributed by atoms with van der Waals surface area (Å²) in [5, 5.41) is 4.50. The SMILES string of the molecule is CC(C)C(S)Cn1cccn1. The predicted molar refractivity (Wildman–Crippen MR) is 49.8 cm³/mol. The van der Waals surface area contributed by atoms with Gasteiger partial charge in [-0.1, -0.05) is 13.8 Å². The van der Waals surface area contributed by atoms with E-state index in [1.807, 2.05) is 16.9 Å². The average Bonchev–Trinajstić information content (AvgIpc) is 2.39. The summed E-state index contributed by atoms with van der Waals surface area (Å²) in [6.45, 7) is 5.23. The van der Waals surface area contributed by atoms with Crippen molar-refractivity contribution in [2.45, 2.75) is 25.6 Å². The number of rotatable bonds is 3. The molecule has 1 heterocycles. The molecule has 0 saturated carbocycles. The lowest BCUT2D eigenvalue weighted by Gasteiger charge is -2.13. The second-order valence-corrected chi connectivity index (χ2v) is 3.70. The highest BCUT2D eigenvalue weighted by Crippen LogP contribution is 2.10. The van der Waals surface area contributed by atoms with E-state index in [4.69, 9.17) is 0 Å². The van der Waals surface area contributed by atoms with Gasteiger partial charge >= 0.3 is 0 Å². The van der Waals surface area contributed by atoms with Gasteiger partial charge < -0.3 is 0 Å². The molecule has 1 atom stereocenters. The van der Waals surface area contributed by atoms with Crippen LogP contribution >= 0.6 is 12.6 Å². The predicted octanol–water partition coefficient (Wildman–Crippen LogP) is 1.84. The summed E-state index contributed by atoms with van der Waals surface area (Å²) in [5.41, 5.74) is 0. The Labute approximate surface area is 73.0 Å².